The van der Waals surface area contributed by atoms with E-state index < -0.39 is 12.1 Å². The van der Waals surface area contributed by atoms with Gasteiger partial charge in [0.05, 0.1) is 25.4 Å². The molecule has 0 rings (SSSR count). The van der Waals surface area contributed by atoms with E-state index in [9.17, 15) is 19.8 Å². The predicted molar refractivity (Wildman–Crippen MR) is 379 cm³/mol. The van der Waals surface area contributed by atoms with E-state index in [4.69, 9.17) is 4.74 Å². The fourth-order valence-corrected chi connectivity index (χ4v) is 12.1. The monoisotopic (exact) mass is 1210 g/mol. The van der Waals surface area contributed by atoms with Crippen LogP contribution in [0.2, 0.25) is 0 Å². The lowest BCUT2D eigenvalue weighted by atomic mass is 10.0. The van der Waals surface area contributed by atoms with Crippen LogP contribution in [0.5, 0.6) is 0 Å². The van der Waals surface area contributed by atoms with Crippen molar-refractivity contribution in [2.24, 2.45) is 0 Å². The minimum Gasteiger partial charge on any atom is -0.466 e. The average Bonchev–Trinajstić information content (AvgIpc) is 3.54. The number of nitrogens with one attached hydrogen (secondary N) is 1. The Morgan fingerprint density at radius 2 is 0.593 bits per heavy atom. The number of rotatable bonds is 73. The first-order valence-electron chi connectivity index (χ1n) is 38.9. The molecule has 0 heterocycles. The summed E-state index contributed by atoms with van der Waals surface area (Å²) >= 11 is 0. The maximum Gasteiger partial charge on any atom is 0.305 e. The zero-order valence-corrected chi connectivity index (χ0v) is 58.1. The van der Waals surface area contributed by atoms with E-state index in [0.29, 0.717) is 19.4 Å². The number of hydrogen-bond donors (Lipinski definition) is 3. The lowest BCUT2D eigenvalue weighted by Gasteiger charge is -2.20. The van der Waals surface area contributed by atoms with Gasteiger partial charge < -0.3 is 20.3 Å². The van der Waals surface area contributed by atoms with Crippen LogP contribution in [0.3, 0.4) is 0 Å². The molecule has 0 bridgehead atoms. The second-order valence-corrected chi connectivity index (χ2v) is 26.7. The minimum absolute atomic E-state index is 0.00251. The van der Waals surface area contributed by atoms with E-state index in [-0.39, 0.29) is 18.5 Å². The van der Waals surface area contributed by atoms with Crippen molar-refractivity contribution in [3.63, 3.8) is 0 Å². The molecular weight excluding hydrogens is 1050 g/mol. The van der Waals surface area contributed by atoms with Crippen molar-refractivity contribution < 1.29 is 24.5 Å². The van der Waals surface area contributed by atoms with E-state index in [2.05, 4.69) is 55.6 Å². The summed E-state index contributed by atoms with van der Waals surface area (Å²) in [6, 6.07) is -0.629. The highest BCUT2D eigenvalue weighted by atomic mass is 16.5. The largest absolute Gasteiger partial charge is 0.466 e. The van der Waals surface area contributed by atoms with Gasteiger partial charge in [-0.3, -0.25) is 9.59 Å². The van der Waals surface area contributed by atoms with Crippen LogP contribution in [0.4, 0.5) is 0 Å². The molecule has 0 aromatic carbocycles. The van der Waals surface area contributed by atoms with Gasteiger partial charge in [-0.1, -0.05) is 377 Å². The molecule has 6 heteroatoms. The molecule has 6 nitrogen and oxygen atoms in total. The molecule has 506 valence electrons. The van der Waals surface area contributed by atoms with Crippen LogP contribution < -0.4 is 5.32 Å². The average molecular weight is 1210 g/mol. The molecule has 0 aliphatic rings. The number of esters is 1. The Kier molecular flexibility index (Phi) is 73.4. The molecule has 2 unspecified atom stereocenters. The van der Waals surface area contributed by atoms with Crippen molar-refractivity contribution in [3.05, 3.63) is 48.6 Å². The maximum absolute atomic E-state index is 12.6. The molecule has 0 aliphatic heterocycles. The Balaban J connectivity index is 3.40. The van der Waals surface area contributed by atoms with Gasteiger partial charge in [0, 0.05) is 12.8 Å². The van der Waals surface area contributed by atoms with Gasteiger partial charge in [-0.15, -0.1) is 0 Å². The van der Waals surface area contributed by atoms with Crippen molar-refractivity contribution in [1.82, 2.24) is 5.32 Å². The summed E-state index contributed by atoms with van der Waals surface area (Å²) in [5.41, 5.74) is 0. The van der Waals surface area contributed by atoms with Gasteiger partial charge in [0.15, 0.2) is 0 Å². The lowest BCUT2D eigenvalue weighted by molar-refractivity contribution is -0.143. The number of carbonyl (C=O) groups excluding carboxylic acids is 2. The third-order valence-corrected chi connectivity index (χ3v) is 18.1. The summed E-state index contributed by atoms with van der Waals surface area (Å²) in [6.07, 6.45) is 99.4. The normalized spacial score (nSPS) is 12.7. The van der Waals surface area contributed by atoms with Crippen LogP contribution in [0.1, 0.15) is 425 Å². The topological polar surface area (TPSA) is 95.9 Å². The zero-order valence-electron chi connectivity index (χ0n) is 58.1. The third kappa shape index (κ3) is 70.9. The number of aliphatic hydroxyl groups is 2. The number of ether oxygens (including phenoxy) is 1. The first-order valence-corrected chi connectivity index (χ1v) is 38.9. The number of aliphatic hydroxyl groups excluding tert-OH is 2. The second-order valence-electron chi connectivity index (χ2n) is 26.7. The molecule has 0 radical (unpaired) electrons. The number of amides is 1. The predicted octanol–water partition coefficient (Wildman–Crippen LogP) is 25.6. The van der Waals surface area contributed by atoms with Crippen LogP contribution >= 0.6 is 0 Å². The highest BCUT2D eigenvalue weighted by Gasteiger charge is 2.18. The minimum atomic E-state index is -0.846. The SMILES string of the molecule is CCCC/C=C\C/C=C\CCCCCCCC(=O)OCCCCCCCCCCCCCC/C=C\CCCCCCCCCCCCCCCCC(=O)NC(CO)C(O)/C=C/CCCCCCCCCCCCCCCCCCCCCCCCC. The quantitative estimate of drug-likeness (QED) is 0.0320. The standard InChI is InChI=1S/C80H151NO5/c1-3-5-7-9-11-13-15-17-19-20-21-22-23-30-33-36-39-42-45-48-52-56-60-64-68-72-78(83)77(76-82)81-79(84)73-69-65-61-57-53-49-46-43-40-37-34-31-28-26-24-25-27-29-32-35-38-41-44-47-51-55-59-63-67-71-75-86-80(85)74-70-66-62-58-54-50-18-16-14-12-10-8-6-4-2/h10,12,16,18,25,27,68,72,77-78,82-83H,3-9,11,13-15,17,19-24,26,28-67,69-71,73-76H2,1-2H3,(H,81,84)/b12-10-,18-16-,27-25-,72-68+. The molecule has 3 N–H and O–H groups in total. The van der Waals surface area contributed by atoms with Crippen LogP contribution in [0.15, 0.2) is 48.6 Å². The number of hydrogen-bond acceptors (Lipinski definition) is 5. The van der Waals surface area contributed by atoms with Crippen molar-refractivity contribution in [2.75, 3.05) is 13.2 Å². The number of unbranched alkanes of at least 4 members (excludes halogenated alkanes) is 56. The molecule has 0 aromatic heterocycles. The second kappa shape index (κ2) is 75.3. The summed E-state index contributed by atoms with van der Waals surface area (Å²) in [5.74, 6) is -0.0595. The molecule has 0 fully saturated rings. The van der Waals surface area contributed by atoms with E-state index in [1.54, 1.807) is 6.08 Å². The Bertz CT molecular complexity index is 1440. The Hall–Kier alpha value is -2.18. The summed E-state index contributed by atoms with van der Waals surface area (Å²) in [5, 5.41) is 23.3. The van der Waals surface area contributed by atoms with Gasteiger partial charge in [-0.05, 0) is 83.5 Å². The van der Waals surface area contributed by atoms with Crippen LogP contribution in [0, 0.1) is 0 Å². The van der Waals surface area contributed by atoms with Gasteiger partial charge in [-0.25, -0.2) is 0 Å². The highest BCUT2D eigenvalue weighted by molar-refractivity contribution is 5.76. The van der Waals surface area contributed by atoms with Gasteiger partial charge in [-0.2, -0.15) is 0 Å². The number of allylic oxidation sites excluding steroid dienone is 7. The zero-order chi connectivity index (χ0) is 62.0. The van der Waals surface area contributed by atoms with E-state index in [1.807, 2.05) is 6.08 Å². The number of carbonyl (C=O) groups is 2. The van der Waals surface area contributed by atoms with Gasteiger partial charge >= 0.3 is 5.97 Å². The Morgan fingerprint density at radius 3 is 0.930 bits per heavy atom. The summed E-state index contributed by atoms with van der Waals surface area (Å²) < 4.78 is 5.48. The van der Waals surface area contributed by atoms with Gasteiger partial charge in [0.25, 0.3) is 0 Å². The fourth-order valence-electron chi connectivity index (χ4n) is 12.1. The van der Waals surface area contributed by atoms with Crippen molar-refractivity contribution in [1.29, 1.82) is 0 Å². The molecule has 2 atom stereocenters. The molecule has 0 aromatic rings. The Morgan fingerprint density at radius 1 is 0.326 bits per heavy atom. The van der Waals surface area contributed by atoms with Gasteiger partial charge in [0.2, 0.25) is 5.91 Å². The molecule has 0 saturated carbocycles. The highest BCUT2D eigenvalue weighted by Crippen LogP contribution is 2.19. The van der Waals surface area contributed by atoms with Crippen molar-refractivity contribution in [3.8, 4) is 0 Å². The molecule has 1 amide bonds. The molecule has 0 aliphatic carbocycles. The van der Waals surface area contributed by atoms with Crippen LogP contribution in [-0.4, -0.2) is 47.4 Å². The first kappa shape index (κ1) is 83.8. The fraction of sp³-hybridized carbons (Fsp3) is 0.875. The third-order valence-electron chi connectivity index (χ3n) is 18.1. The smallest absolute Gasteiger partial charge is 0.305 e. The van der Waals surface area contributed by atoms with E-state index >= 15 is 0 Å². The lowest BCUT2D eigenvalue weighted by Crippen LogP contribution is -2.45. The molecular formula is C80H151NO5. The summed E-state index contributed by atoms with van der Waals surface area (Å²) in [7, 11) is 0. The van der Waals surface area contributed by atoms with Crippen molar-refractivity contribution in [2.45, 2.75) is 437 Å². The molecule has 0 saturated heterocycles. The van der Waals surface area contributed by atoms with E-state index in [1.165, 1.54) is 347 Å². The molecule has 0 spiro atoms. The Labute approximate surface area is 537 Å². The van der Waals surface area contributed by atoms with Gasteiger partial charge in [0.1, 0.15) is 0 Å². The van der Waals surface area contributed by atoms with Crippen LogP contribution in [-0.2, 0) is 14.3 Å². The van der Waals surface area contributed by atoms with E-state index in [0.717, 1.165) is 51.4 Å². The maximum atomic E-state index is 12.6. The molecule has 86 heavy (non-hydrogen) atoms. The van der Waals surface area contributed by atoms with Crippen molar-refractivity contribution >= 4 is 11.9 Å². The first-order chi connectivity index (χ1) is 42.5. The summed E-state index contributed by atoms with van der Waals surface area (Å²) in [6.45, 7) is 4.90. The van der Waals surface area contributed by atoms with Crippen LogP contribution in [0.25, 0.3) is 0 Å². The summed E-state index contributed by atoms with van der Waals surface area (Å²) in [4.78, 5) is 24.6.